The Bertz CT molecular complexity index is 354. The molecule has 1 atom stereocenters. The number of hydrogen-bond acceptors (Lipinski definition) is 3. The average molecular weight is 301 g/mol. The fourth-order valence-corrected chi connectivity index (χ4v) is 2.32. The molecule has 0 aliphatic rings. The van der Waals surface area contributed by atoms with Gasteiger partial charge in [-0.3, -0.25) is 9.59 Å². The van der Waals surface area contributed by atoms with Crippen LogP contribution in [-0.4, -0.2) is 29.4 Å². The van der Waals surface area contributed by atoms with Crippen LogP contribution in [0.25, 0.3) is 0 Å². The summed E-state index contributed by atoms with van der Waals surface area (Å²) in [5.41, 5.74) is 4.90. The first-order valence-corrected chi connectivity index (χ1v) is 7.62. The van der Waals surface area contributed by atoms with Crippen LogP contribution >= 0.6 is 12.2 Å². The third kappa shape index (κ3) is 5.07. The molecular formula is C14H27N3O2S. The van der Waals surface area contributed by atoms with E-state index in [1.807, 2.05) is 27.7 Å². The fraction of sp³-hybridized carbons (Fsp3) is 0.786. The van der Waals surface area contributed by atoms with E-state index in [0.29, 0.717) is 19.4 Å². The molecule has 2 amide bonds. The molecule has 0 spiro atoms. The topological polar surface area (TPSA) is 84.2 Å². The highest BCUT2D eigenvalue weighted by atomic mass is 32.1. The molecule has 6 heteroatoms. The Balaban J connectivity index is 4.34. The van der Waals surface area contributed by atoms with E-state index in [2.05, 4.69) is 10.6 Å². The first kappa shape index (κ1) is 18.8. The summed E-state index contributed by atoms with van der Waals surface area (Å²) in [5.74, 6) is -0.250. The maximum Gasteiger partial charge on any atom is 0.233 e. The highest BCUT2D eigenvalue weighted by Crippen LogP contribution is 2.27. The molecule has 0 aromatic carbocycles. The second-order valence-electron chi connectivity index (χ2n) is 5.04. The summed E-state index contributed by atoms with van der Waals surface area (Å²) in [6.45, 7) is 8.02. The summed E-state index contributed by atoms with van der Waals surface area (Å²) < 4.78 is 0. The zero-order valence-electron chi connectivity index (χ0n) is 12.9. The summed E-state index contributed by atoms with van der Waals surface area (Å²) in [4.78, 5) is 24.0. The molecule has 0 aliphatic carbocycles. The molecule has 116 valence electrons. The summed E-state index contributed by atoms with van der Waals surface area (Å²) >= 11 is 5.02. The number of thiocarbonyl (C=S) groups is 1. The van der Waals surface area contributed by atoms with Crippen molar-refractivity contribution < 1.29 is 9.59 Å². The Hall–Kier alpha value is -1.17. The molecular weight excluding hydrogens is 274 g/mol. The Morgan fingerprint density at radius 2 is 1.80 bits per heavy atom. The number of hydrogen-bond donors (Lipinski definition) is 3. The molecule has 0 bridgehead atoms. The predicted octanol–water partition coefficient (Wildman–Crippen LogP) is 1.50. The molecule has 0 aromatic rings. The minimum absolute atomic E-state index is 0.0615. The SMILES string of the molecule is CCC(C)NC(=O)CCNC(=O)C(CC)(CC)C(N)=S. The summed E-state index contributed by atoms with van der Waals surface area (Å²) in [6, 6.07) is 0.153. The van der Waals surface area contributed by atoms with Gasteiger partial charge in [0, 0.05) is 19.0 Å². The molecule has 0 saturated heterocycles. The number of nitrogens with two attached hydrogens (primary N) is 1. The highest BCUT2D eigenvalue weighted by Gasteiger charge is 2.37. The van der Waals surface area contributed by atoms with Crippen molar-refractivity contribution in [1.82, 2.24) is 10.6 Å². The number of rotatable bonds is 9. The van der Waals surface area contributed by atoms with Crippen molar-refractivity contribution in [2.45, 2.75) is 59.4 Å². The van der Waals surface area contributed by atoms with Crippen LogP contribution in [0.5, 0.6) is 0 Å². The fourth-order valence-electron chi connectivity index (χ4n) is 1.94. The normalized spacial score (nSPS) is 12.6. The van der Waals surface area contributed by atoms with Crippen LogP contribution in [0.2, 0.25) is 0 Å². The predicted molar refractivity (Wildman–Crippen MR) is 85.3 cm³/mol. The lowest BCUT2D eigenvalue weighted by atomic mass is 9.81. The zero-order valence-corrected chi connectivity index (χ0v) is 13.7. The van der Waals surface area contributed by atoms with Crippen molar-refractivity contribution in [2.24, 2.45) is 11.1 Å². The number of carbonyl (C=O) groups excluding carboxylic acids is 2. The standard InChI is InChI=1S/C14H27N3O2S/c1-5-10(4)17-11(18)8-9-16-13(19)14(6-2,7-3)12(15)20/h10H,5-9H2,1-4H3,(H2,15,20)(H,16,19)(H,17,18). The molecule has 20 heavy (non-hydrogen) atoms. The molecule has 0 aromatic heterocycles. The number of nitrogens with one attached hydrogen (secondary N) is 2. The van der Waals surface area contributed by atoms with Crippen molar-refractivity contribution in [3.63, 3.8) is 0 Å². The molecule has 5 nitrogen and oxygen atoms in total. The van der Waals surface area contributed by atoms with E-state index in [0.717, 1.165) is 6.42 Å². The van der Waals surface area contributed by atoms with Gasteiger partial charge in [-0.15, -0.1) is 0 Å². The van der Waals surface area contributed by atoms with Crippen molar-refractivity contribution in [1.29, 1.82) is 0 Å². The third-order valence-electron chi connectivity index (χ3n) is 3.77. The van der Waals surface area contributed by atoms with Crippen LogP contribution < -0.4 is 16.4 Å². The van der Waals surface area contributed by atoms with Gasteiger partial charge in [-0.1, -0.05) is 33.0 Å². The Morgan fingerprint density at radius 1 is 1.25 bits per heavy atom. The Kier molecular flexibility index (Phi) is 8.37. The molecule has 1 unspecified atom stereocenters. The van der Waals surface area contributed by atoms with Crippen LogP contribution in [-0.2, 0) is 9.59 Å². The van der Waals surface area contributed by atoms with Crippen LogP contribution in [0.3, 0.4) is 0 Å². The van der Waals surface area contributed by atoms with Gasteiger partial charge in [0.15, 0.2) is 0 Å². The lowest BCUT2D eigenvalue weighted by Crippen LogP contribution is -2.49. The van der Waals surface area contributed by atoms with Gasteiger partial charge in [0.1, 0.15) is 0 Å². The van der Waals surface area contributed by atoms with Gasteiger partial charge in [0.05, 0.1) is 10.4 Å². The first-order valence-electron chi connectivity index (χ1n) is 7.21. The van der Waals surface area contributed by atoms with Gasteiger partial charge >= 0.3 is 0 Å². The van der Waals surface area contributed by atoms with Crippen molar-refractivity contribution in [3.8, 4) is 0 Å². The van der Waals surface area contributed by atoms with Gasteiger partial charge in [0.25, 0.3) is 0 Å². The van der Waals surface area contributed by atoms with E-state index < -0.39 is 5.41 Å². The molecule has 4 N–H and O–H groups in total. The summed E-state index contributed by atoms with van der Waals surface area (Å²) in [5, 5.41) is 5.61. The van der Waals surface area contributed by atoms with E-state index in [1.165, 1.54) is 0 Å². The number of amides is 2. The maximum atomic E-state index is 12.2. The average Bonchev–Trinajstić information content (AvgIpc) is 2.40. The molecule has 0 saturated carbocycles. The van der Waals surface area contributed by atoms with Crippen LogP contribution in [0.15, 0.2) is 0 Å². The number of carbonyl (C=O) groups is 2. The summed E-state index contributed by atoms with van der Waals surface area (Å²) in [6.07, 6.45) is 2.26. The lowest BCUT2D eigenvalue weighted by Gasteiger charge is -2.28. The second kappa shape index (κ2) is 8.89. The van der Waals surface area contributed by atoms with Gasteiger partial charge in [-0.2, -0.15) is 0 Å². The van der Waals surface area contributed by atoms with E-state index in [-0.39, 0.29) is 29.3 Å². The first-order chi connectivity index (χ1) is 9.33. The van der Waals surface area contributed by atoms with Gasteiger partial charge < -0.3 is 16.4 Å². The quantitative estimate of drug-likeness (QED) is 0.564. The Labute approximate surface area is 127 Å². The van der Waals surface area contributed by atoms with Crippen molar-refractivity contribution in [3.05, 3.63) is 0 Å². The third-order valence-corrected chi connectivity index (χ3v) is 4.16. The smallest absolute Gasteiger partial charge is 0.233 e. The monoisotopic (exact) mass is 301 g/mol. The molecule has 0 heterocycles. The lowest BCUT2D eigenvalue weighted by molar-refractivity contribution is -0.128. The largest absolute Gasteiger partial charge is 0.392 e. The van der Waals surface area contributed by atoms with Crippen LogP contribution in [0.4, 0.5) is 0 Å². The molecule has 0 rings (SSSR count). The van der Waals surface area contributed by atoms with Crippen LogP contribution in [0, 0.1) is 5.41 Å². The maximum absolute atomic E-state index is 12.2. The van der Waals surface area contributed by atoms with E-state index in [9.17, 15) is 9.59 Å². The van der Waals surface area contributed by atoms with Crippen molar-refractivity contribution in [2.75, 3.05) is 6.54 Å². The Morgan fingerprint density at radius 3 is 2.20 bits per heavy atom. The van der Waals surface area contributed by atoms with Gasteiger partial charge in [0.2, 0.25) is 11.8 Å². The van der Waals surface area contributed by atoms with Gasteiger partial charge in [-0.25, -0.2) is 0 Å². The van der Waals surface area contributed by atoms with Gasteiger partial charge in [-0.05, 0) is 26.2 Å². The van der Waals surface area contributed by atoms with E-state index in [4.69, 9.17) is 18.0 Å². The summed E-state index contributed by atoms with van der Waals surface area (Å²) in [7, 11) is 0. The van der Waals surface area contributed by atoms with Crippen molar-refractivity contribution >= 4 is 29.0 Å². The molecule has 0 radical (unpaired) electrons. The highest BCUT2D eigenvalue weighted by molar-refractivity contribution is 7.80. The minimum Gasteiger partial charge on any atom is -0.392 e. The second-order valence-corrected chi connectivity index (χ2v) is 5.48. The van der Waals surface area contributed by atoms with Crippen LogP contribution in [0.1, 0.15) is 53.4 Å². The van der Waals surface area contributed by atoms with E-state index >= 15 is 0 Å². The zero-order chi connectivity index (χ0) is 15.8. The molecule has 0 aliphatic heterocycles. The minimum atomic E-state index is -0.803. The molecule has 0 fully saturated rings. The van der Waals surface area contributed by atoms with E-state index in [1.54, 1.807) is 0 Å².